The Morgan fingerprint density at radius 1 is 1.11 bits per heavy atom. The molecule has 0 bridgehead atoms. The van der Waals surface area contributed by atoms with Crippen LogP contribution in [0.3, 0.4) is 0 Å². The van der Waals surface area contributed by atoms with Crippen molar-refractivity contribution < 1.29 is 18.8 Å². The second-order valence-corrected chi connectivity index (χ2v) is 9.42. The molecule has 0 radical (unpaired) electrons. The summed E-state index contributed by atoms with van der Waals surface area (Å²) in [6.45, 7) is 1.82. The van der Waals surface area contributed by atoms with E-state index in [1.807, 2.05) is 30.3 Å². The SMILES string of the molecule is CN(Cc1ccccc1)C(=O)CCN(C[C@H]1CCCO1)C(=O)c1cc(-c2ccc(Cl)cc2Cl)on1. The van der Waals surface area contributed by atoms with Gasteiger partial charge in [0.25, 0.3) is 5.91 Å². The molecule has 1 aliphatic heterocycles. The maximum Gasteiger partial charge on any atom is 0.276 e. The molecular weight excluding hydrogens is 489 g/mol. The number of nitrogens with zero attached hydrogens (tertiary/aromatic N) is 3. The van der Waals surface area contributed by atoms with Crippen LogP contribution in [0, 0.1) is 0 Å². The van der Waals surface area contributed by atoms with Gasteiger partial charge in [0.1, 0.15) is 0 Å². The lowest BCUT2D eigenvalue weighted by molar-refractivity contribution is -0.130. The highest BCUT2D eigenvalue weighted by Crippen LogP contribution is 2.31. The van der Waals surface area contributed by atoms with Crippen LogP contribution >= 0.6 is 23.2 Å². The summed E-state index contributed by atoms with van der Waals surface area (Å²) >= 11 is 12.3. The first-order valence-corrected chi connectivity index (χ1v) is 12.3. The van der Waals surface area contributed by atoms with Crippen molar-refractivity contribution in [3.05, 3.63) is 75.9 Å². The molecule has 4 rings (SSSR count). The molecule has 1 atom stereocenters. The summed E-state index contributed by atoms with van der Waals surface area (Å²) in [7, 11) is 1.77. The first kappa shape index (κ1) is 25.2. The summed E-state index contributed by atoms with van der Waals surface area (Å²) in [4.78, 5) is 29.4. The Balaban J connectivity index is 1.44. The van der Waals surface area contributed by atoms with Gasteiger partial charge in [-0.2, -0.15) is 0 Å². The van der Waals surface area contributed by atoms with Crippen molar-refractivity contribution in [3.8, 4) is 11.3 Å². The van der Waals surface area contributed by atoms with E-state index in [0.717, 1.165) is 18.4 Å². The number of carbonyl (C=O) groups excluding carboxylic acids is 2. The quantitative estimate of drug-likeness (QED) is 0.385. The molecule has 1 saturated heterocycles. The summed E-state index contributed by atoms with van der Waals surface area (Å²) in [6, 6.07) is 16.3. The van der Waals surface area contributed by atoms with Crippen LogP contribution in [0.15, 0.2) is 59.1 Å². The minimum absolute atomic E-state index is 0.0484. The van der Waals surface area contributed by atoms with Gasteiger partial charge in [-0.1, -0.05) is 58.7 Å². The van der Waals surface area contributed by atoms with E-state index >= 15 is 0 Å². The van der Waals surface area contributed by atoms with E-state index in [2.05, 4.69) is 5.16 Å². The Bertz CT molecular complexity index is 1160. The van der Waals surface area contributed by atoms with Crippen molar-refractivity contribution in [1.29, 1.82) is 0 Å². The van der Waals surface area contributed by atoms with Gasteiger partial charge in [-0.25, -0.2) is 0 Å². The number of halogens is 2. The average molecular weight is 516 g/mol. The molecule has 1 fully saturated rings. The van der Waals surface area contributed by atoms with Gasteiger partial charge < -0.3 is 19.1 Å². The van der Waals surface area contributed by atoms with Crippen LogP contribution in [0.25, 0.3) is 11.3 Å². The third-order valence-corrected chi connectivity index (χ3v) is 6.49. The highest BCUT2D eigenvalue weighted by Gasteiger charge is 2.27. The zero-order valence-corrected chi connectivity index (χ0v) is 21.0. The summed E-state index contributed by atoms with van der Waals surface area (Å²) in [5.41, 5.74) is 1.78. The molecule has 35 heavy (non-hydrogen) atoms. The largest absolute Gasteiger partial charge is 0.376 e. The van der Waals surface area contributed by atoms with Crippen molar-refractivity contribution in [3.63, 3.8) is 0 Å². The molecule has 0 saturated carbocycles. The number of benzene rings is 2. The maximum atomic E-state index is 13.4. The van der Waals surface area contributed by atoms with Gasteiger partial charge in [0.2, 0.25) is 5.91 Å². The van der Waals surface area contributed by atoms with Crippen molar-refractivity contribution in [2.24, 2.45) is 0 Å². The van der Waals surface area contributed by atoms with Gasteiger partial charge in [0, 0.05) is 56.4 Å². The number of hydrogen-bond donors (Lipinski definition) is 0. The third kappa shape index (κ3) is 6.63. The zero-order chi connectivity index (χ0) is 24.8. The smallest absolute Gasteiger partial charge is 0.276 e. The number of ether oxygens (including phenoxy) is 1. The average Bonchev–Trinajstić information content (AvgIpc) is 3.54. The summed E-state index contributed by atoms with van der Waals surface area (Å²) in [5.74, 6) is -0.00219. The van der Waals surface area contributed by atoms with Crippen LogP contribution in [-0.4, -0.2) is 59.6 Å². The fourth-order valence-electron chi connectivity index (χ4n) is 4.03. The van der Waals surface area contributed by atoms with Crippen molar-refractivity contribution in [2.75, 3.05) is 26.7 Å². The predicted octanol–water partition coefficient (Wildman–Crippen LogP) is 5.32. The number of amides is 2. The van der Waals surface area contributed by atoms with E-state index in [1.165, 1.54) is 0 Å². The molecule has 0 spiro atoms. The van der Waals surface area contributed by atoms with E-state index in [4.69, 9.17) is 32.5 Å². The fraction of sp³-hybridized carbons (Fsp3) is 0.346. The lowest BCUT2D eigenvalue weighted by Crippen LogP contribution is -2.40. The van der Waals surface area contributed by atoms with Crippen molar-refractivity contribution >= 4 is 35.0 Å². The number of rotatable bonds is 9. The molecule has 2 heterocycles. The Kier molecular flexibility index (Phi) is 8.44. The summed E-state index contributed by atoms with van der Waals surface area (Å²) in [6.07, 6.45) is 1.95. The molecule has 9 heteroatoms. The lowest BCUT2D eigenvalue weighted by atomic mass is 10.1. The van der Waals surface area contributed by atoms with E-state index in [9.17, 15) is 9.59 Å². The molecule has 2 amide bonds. The van der Waals surface area contributed by atoms with E-state index < -0.39 is 0 Å². The van der Waals surface area contributed by atoms with Gasteiger partial charge in [-0.3, -0.25) is 9.59 Å². The van der Waals surface area contributed by atoms with Crippen LogP contribution < -0.4 is 0 Å². The monoisotopic (exact) mass is 515 g/mol. The lowest BCUT2D eigenvalue weighted by Gasteiger charge is -2.25. The van der Waals surface area contributed by atoms with Gasteiger partial charge in [0.15, 0.2) is 11.5 Å². The molecule has 1 aliphatic rings. The summed E-state index contributed by atoms with van der Waals surface area (Å²) in [5, 5.41) is 4.87. The number of aromatic nitrogens is 1. The first-order chi connectivity index (χ1) is 16.9. The molecule has 0 N–H and O–H groups in total. The molecular formula is C26H27Cl2N3O4. The summed E-state index contributed by atoms with van der Waals surface area (Å²) < 4.78 is 11.2. The van der Waals surface area contributed by atoms with Crippen LogP contribution in [0.4, 0.5) is 0 Å². The Morgan fingerprint density at radius 3 is 2.63 bits per heavy atom. The standard InChI is InChI=1S/C26H27Cl2N3O4/c1-30(16-18-6-3-2-4-7-18)25(32)11-12-31(17-20-8-5-13-34-20)26(33)23-15-24(35-29-23)21-10-9-19(27)14-22(21)28/h2-4,6-7,9-10,14-15,20H,5,8,11-13,16-17H2,1H3/t20-/m1/s1. The molecule has 0 aliphatic carbocycles. The van der Waals surface area contributed by atoms with Crippen molar-refractivity contribution in [2.45, 2.75) is 31.9 Å². The molecule has 184 valence electrons. The maximum absolute atomic E-state index is 13.4. The highest BCUT2D eigenvalue weighted by atomic mass is 35.5. The van der Waals surface area contributed by atoms with Crippen LogP contribution in [0.5, 0.6) is 0 Å². The first-order valence-electron chi connectivity index (χ1n) is 11.5. The van der Waals surface area contributed by atoms with Crippen LogP contribution in [0.1, 0.15) is 35.3 Å². The highest BCUT2D eigenvalue weighted by molar-refractivity contribution is 6.36. The molecule has 1 aromatic heterocycles. The zero-order valence-electron chi connectivity index (χ0n) is 19.5. The van der Waals surface area contributed by atoms with E-state index in [0.29, 0.717) is 41.1 Å². The van der Waals surface area contributed by atoms with Crippen molar-refractivity contribution in [1.82, 2.24) is 15.0 Å². The number of hydrogen-bond acceptors (Lipinski definition) is 5. The second kappa shape index (κ2) is 11.7. The van der Waals surface area contributed by atoms with E-state index in [-0.39, 0.29) is 36.6 Å². The Hall–Kier alpha value is -2.87. The van der Waals surface area contributed by atoms with Gasteiger partial charge in [0.05, 0.1) is 11.1 Å². The van der Waals surface area contributed by atoms with Crippen LogP contribution in [0.2, 0.25) is 10.0 Å². The topological polar surface area (TPSA) is 75.9 Å². The Morgan fingerprint density at radius 2 is 1.91 bits per heavy atom. The minimum atomic E-state index is -0.320. The predicted molar refractivity (Wildman–Crippen MR) is 134 cm³/mol. The minimum Gasteiger partial charge on any atom is -0.376 e. The van der Waals surface area contributed by atoms with E-state index in [1.54, 1.807) is 41.1 Å². The second-order valence-electron chi connectivity index (χ2n) is 8.57. The molecule has 7 nitrogen and oxygen atoms in total. The fourth-order valence-corrected chi connectivity index (χ4v) is 4.53. The third-order valence-electron chi connectivity index (χ3n) is 5.94. The normalized spacial score (nSPS) is 15.2. The molecule has 0 unspecified atom stereocenters. The molecule has 2 aromatic carbocycles. The number of carbonyl (C=O) groups is 2. The van der Waals surface area contributed by atoms with Crippen LogP contribution in [-0.2, 0) is 16.1 Å². The van der Waals surface area contributed by atoms with Gasteiger partial charge >= 0.3 is 0 Å². The van der Waals surface area contributed by atoms with Gasteiger partial charge in [-0.05, 0) is 36.6 Å². The Labute approximate surface area is 214 Å². The van der Waals surface area contributed by atoms with Gasteiger partial charge in [-0.15, -0.1) is 0 Å². The molecule has 3 aromatic rings.